The van der Waals surface area contributed by atoms with E-state index in [1.54, 1.807) is 12.1 Å². The fourth-order valence-corrected chi connectivity index (χ4v) is 1.85. The number of amides is 1. The molecule has 2 N–H and O–H groups in total. The predicted octanol–water partition coefficient (Wildman–Crippen LogP) is 1.99. The standard InChI is InChI=1S/C14H16FN3O/c1-16-9-11-5-4-8-18(11)10-14(19)17-13-7-3-2-6-12(13)15/h2-8,16H,9-10H2,1H3,(H,17,19). The number of nitrogens with one attached hydrogen (secondary N) is 2. The zero-order valence-electron chi connectivity index (χ0n) is 10.7. The van der Waals surface area contributed by atoms with Crippen LogP contribution >= 0.6 is 0 Å². The van der Waals surface area contributed by atoms with E-state index in [0.29, 0.717) is 6.54 Å². The Kier molecular flexibility index (Phi) is 4.30. The number of carbonyl (C=O) groups excluding carboxylic acids is 1. The molecule has 19 heavy (non-hydrogen) atoms. The van der Waals surface area contributed by atoms with E-state index in [1.807, 2.05) is 29.9 Å². The molecule has 0 atom stereocenters. The summed E-state index contributed by atoms with van der Waals surface area (Å²) in [6.45, 7) is 0.846. The Labute approximate surface area is 111 Å². The summed E-state index contributed by atoms with van der Waals surface area (Å²) < 4.78 is 15.2. The van der Waals surface area contributed by atoms with Crippen LogP contribution in [0.5, 0.6) is 0 Å². The summed E-state index contributed by atoms with van der Waals surface area (Å²) in [6.07, 6.45) is 1.83. The van der Waals surface area contributed by atoms with Gasteiger partial charge in [-0.25, -0.2) is 4.39 Å². The van der Waals surface area contributed by atoms with Gasteiger partial charge >= 0.3 is 0 Å². The lowest BCUT2D eigenvalue weighted by molar-refractivity contribution is -0.116. The second-order valence-electron chi connectivity index (χ2n) is 4.19. The van der Waals surface area contributed by atoms with Crippen molar-refractivity contribution in [1.82, 2.24) is 9.88 Å². The van der Waals surface area contributed by atoms with Crippen LogP contribution in [0.3, 0.4) is 0 Å². The van der Waals surface area contributed by atoms with Gasteiger partial charge < -0.3 is 15.2 Å². The number of carbonyl (C=O) groups is 1. The van der Waals surface area contributed by atoms with Crippen LogP contribution in [-0.2, 0) is 17.9 Å². The number of rotatable bonds is 5. The lowest BCUT2D eigenvalue weighted by Crippen LogP contribution is -2.21. The first-order chi connectivity index (χ1) is 9.20. The van der Waals surface area contributed by atoms with Gasteiger partial charge in [0.25, 0.3) is 0 Å². The maximum Gasteiger partial charge on any atom is 0.244 e. The maximum absolute atomic E-state index is 13.4. The van der Waals surface area contributed by atoms with E-state index in [-0.39, 0.29) is 18.1 Å². The number of hydrogen-bond acceptors (Lipinski definition) is 2. The molecule has 1 aromatic heterocycles. The number of hydrogen-bond donors (Lipinski definition) is 2. The summed E-state index contributed by atoms with van der Waals surface area (Å²) in [4.78, 5) is 11.9. The van der Waals surface area contributed by atoms with Crippen LogP contribution in [-0.4, -0.2) is 17.5 Å². The minimum atomic E-state index is -0.432. The van der Waals surface area contributed by atoms with Crippen LogP contribution in [0.4, 0.5) is 10.1 Å². The third-order valence-electron chi connectivity index (χ3n) is 2.74. The Balaban J connectivity index is 2.02. The first kappa shape index (κ1) is 13.3. The smallest absolute Gasteiger partial charge is 0.244 e. The van der Waals surface area contributed by atoms with Crippen molar-refractivity contribution in [3.05, 3.63) is 54.1 Å². The Hall–Kier alpha value is -2.14. The van der Waals surface area contributed by atoms with Crippen molar-refractivity contribution in [2.75, 3.05) is 12.4 Å². The third kappa shape index (κ3) is 3.42. The van der Waals surface area contributed by atoms with Gasteiger partial charge in [0.05, 0.1) is 5.69 Å². The van der Waals surface area contributed by atoms with Crippen LogP contribution in [0.2, 0.25) is 0 Å². The number of nitrogens with zero attached hydrogens (tertiary/aromatic N) is 1. The molecule has 0 unspecified atom stereocenters. The maximum atomic E-state index is 13.4. The van der Waals surface area contributed by atoms with Gasteiger partial charge in [-0.05, 0) is 31.3 Å². The van der Waals surface area contributed by atoms with Crippen LogP contribution in [0.1, 0.15) is 5.69 Å². The fourth-order valence-electron chi connectivity index (χ4n) is 1.85. The zero-order valence-corrected chi connectivity index (χ0v) is 10.7. The summed E-state index contributed by atoms with van der Waals surface area (Å²) in [5.74, 6) is -0.683. The van der Waals surface area contributed by atoms with Crippen LogP contribution in [0.25, 0.3) is 0 Å². The number of para-hydroxylation sites is 1. The monoisotopic (exact) mass is 261 g/mol. The molecule has 0 saturated carbocycles. The Morgan fingerprint density at radius 3 is 2.79 bits per heavy atom. The SMILES string of the molecule is CNCc1cccn1CC(=O)Nc1ccccc1F. The zero-order chi connectivity index (χ0) is 13.7. The van der Waals surface area contributed by atoms with Gasteiger partial charge in [0.2, 0.25) is 5.91 Å². The number of anilines is 1. The second kappa shape index (κ2) is 6.15. The van der Waals surface area contributed by atoms with Gasteiger partial charge in [-0.2, -0.15) is 0 Å². The van der Waals surface area contributed by atoms with E-state index < -0.39 is 5.82 Å². The second-order valence-corrected chi connectivity index (χ2v) is 4.19. The molecule has 2 aromatic rings. The molecule has 0 fully saturated rings. The lowest BCUT2D eigenvalue weighted by atomic mass is 10.3. The topological polar surface area (TPSA) is 46.1 Å². The number of aromatic nitrogens is 1. The number of benzene rings is 1. The largest absolute Gasteiger partial charge is 0.341 e. The van der Waals surface area contributed by atoms with Crippen molar-refractivity contribution >= 4 is 11.6 Å². The van der Waals surface area contributed by atoms with Crippen molar-refractivity contribution in [3.8, 4) is 0 Å². The Morgan fingerprint density at radius 2 is 2.05 bits per heavy atom. The van der Waals surface area contributed by atoms with Crippen molar-refractivity contribution in [1.29, 1.82) is 0 Å². The molecular weight excluding hydrogens is 245 g/mol. The molecule has 0 radical (unpaired) electrons. The Morgan fingerprint density at radius 1 is 1.26 bits per heavy atom. The summed E-state index contributed by atoms with van der Waals surface area (Å²) in [5, 5.41) is 5.59. The highest BCUT2D eigenvalue weighted by Crippen LogP contribution is 2.12. The summed E-state index contributed by atoms with van der Waals surface area (Å²) in [6, 6.07) is 9.94. The highest BCUT2D eigenvalue weighted by molar-refractivity contribution is 5.90. The van der Waals surface area contributed by atoms with Gasteiger partial charge in [-0.3, -0.25) is 4.79 Å². The third-order valence-corrected chi connectivity index (χ3v) is 2.74. The average Bonchev–Trinajstić information content (AvgIpc) is 2.80. The molecule has 4 nitrogen and oxygen atoms in total. The minimum Gasteiger partial charge on any atom is -0.341 e. The molecule has 0 aliphatic rings. The summed E-state index contributed by atoms with van der Waals surface area (Å²) >= 11 is 0. The van der Waals surface area contributed by atoms with Gasteiger partial charge in [0.1, 0.15) is 12.4 Å². The van der Waals surface area contributed by atoms with Crippen molar-refractivity contribution < 1.29 is 9.18 Å². The van der Waals surface area contributed by atoms with Crippen LogP contribution in [0, 0.1) is 5.82 Å². The Bertz CT molecular complexity index is 565. The van der Waals surface area contributed by atoms with E-state index in [9.17, 15) is 9.18 Å². The van der Waals surface area contributed by atoms with E-state index in [4.69, 9.17) is 0 Å². The van der Waals surface area contributed by atoms with E-state index >= 15 is 0 Å². The molecule has 5 heteroatoms. The molecule has 100 valence electrons. The lowest BCUT2D eigenvalue weighted by Gasteiger charge is -2.10. The quantitative estimate of drug-likeness (QED) is 0.864. The minimum absolute atomic E-state index is 0.165. The van der Waals surface area contributed by atoms with Gasteiger partial charge in [-0.1, -0.05) is 12.1 Å². The molecule has 1 heterocycles. The van der Waals surface area contributed by atoms with Gasteiger partial charge in [-0.15, -0.1) is 0 Å². The molecule has 0 bridgehead atoms. The molecule has 1 aromatic carbocycles. The highest BCUT2D eigenvalue weighted by atomic mass is 19.1. The van der Waals surface area contributed by atoms with Crippen molar-refractivity contribution in [2.24, 2.45) is 0 Å². The molecule has 2 rings (SSSR count). The van der Waals surface area contributed by atoms with Crippen molar-refractivity contribution in [2.45, 2.75) is 13.1 Å². The molecule has 0 aliphatic heterocycles. The molecule has 0 saturated heterocycles. The average molecular weight is 261 g/mol. The number of halogens is 1. The molecule has 0 spiro atoms. The highest BCUT2D eigenvalue weighted by Gasteiger charge is 2.08. The van der Waals surface area contributed by atoms with E-state index in [2.05, 4.69) is 10.6 Å². The van der Waals surface area contributed by atoms with E-state index in [0.717, 1.165) is 5.69 Å². The summed E-state index contributed by atoms with van der Waals surface area (Å²) in [7, 11) is 1.84. The molecule has 0 aliphatic carbocycles. The fraction of sp³-hybridized carbons (Fsp3) is 0.214. The normalized spacial score (nSPS) is 10.4. The van der Waals surface area contributed by atoms with Crippen LogP contribution in [0.15, 0.2) is 42.6 Å². The first-order valence-corrected chi connectivity index (χ1v) is 6.03. The molecule has 1 amide bonds. The molecular formula is C14H16FN3O. The first-order valence-electron chi connectivity index (χ1n) is 6.03. The van der Waals surface area contributed by atoms with Crippen molar-refractivity contribution in [3.63, 3.8) is 0 Å². The summed E-state index contributed by atoms with van der Waals surface area (Å²) in [5.41, 5.74) is 1.21. The van der Waals surface area contributed by atoms with Crippen LogP contribution < -0.4 is 10.6 Å². The predicted molar refractivity (Wildman–Crippen MR) is 72.2 cm³/mol. The van der Waals surface area contributed by atoms with Gasteiger partial charge in [0.15, 0.2) is 0 Å². The van der Waals surface area contributed by atoms with E-state index in [1.165, 1.54) is 12.1 Å². The van der Waals surface area contributed by atoms with Gasteiger partial charge in [0, 0.05) is 18.4 Å².